The first-order valence-corrected chi connectivity index (χ1v) is 6.32. The second-order valence-corrected chi connectivity index (χ2v) is 4.59. The van der Waals surface area contributed by atoms with Crippen molar-refractivity contribution in [2.45, 2.75) is 6.18 Å². The van der Waals surface area contributed by atoms with Gasteiger partial charge < -0.3 is 4.98 Å². The fourth-order valence-corrected chi connectivity index (χ4v) is 2.08. The quantitative estimate of drug-likeness (QED) is 0.723. The zero-order valence-electron chi connectivity index (χ0n) is 10.9. The maximum atomic E-state index is 12.7. The van der Waals surface area contributed by atoms with Gasteiger partial charge in [0.1, 0.15) is 5.82 Å². The Morgan fingerprint density at radius 2 is 1.57 bits per heavy atom. The van der Waals surface area contributed by atoms with Gasteiger partial charge in [-0.25, -0.2) is 4.98 Å². The lowest BCUT2D eigenvalue weighted by atomic mass is 10.1. The number of hydrogen-bond donors (Lipinski definition) is 1. The maximum Gasteiger partial charge on any atom is 0.416 e. The largest absolute Gasteiger partial charge is 0.416 e. The highest BCUT2D eigenvalue weighted by Gasteiger charge is 2.30. The van der Waals surface area contributed by atoms with Crippen LogP contribution in [-0.2, 0) is 6.18 Å². The molecule has 0 aliphatic rings. The highest BCUT2D eigenvalue weighted by atomic mass is 19.4. The maximum absolute atomic E-state index is 12.7. The van der Waals surface area contributed by atoms with Crippen molar-refractivity contribution in [1.82, 2.24) is 9.97 Å². The molecular formula is C16H11F3N2. The van der Waals surface area contributed by atoms with E-state index in [0.29, 0.717) is 11.4 Å². The zero-order valence-corrected chi connectivity index (χ0v) is 10.9. The van der Waals surface area contributed by atoms with Gasteiger partial charge in [-0.2, -0.15) is 13.2 Å². The van der Waals surface area contributed by atoms with Gasteiger partial charge in [0.25, 0.3) is 0 Å². The van der Waals surface area contributed by atoms with E-state index < -0.39 is 11.7 Å². The van der Waals surface area contributed by atoms with Crippen molar-refractivity contribution in [2.24, 2.45) is 0 Å². The van der Waals surface area contributed by atoms with E-state index in [4.69, 9.17) is 0 Å². The van der Waals surface area contributed by atoms with Gasteiger partial charge in [-0.1, -0.05) is 42.5 Å². The molecule has 21 heavy (non-hydrogen) atoms. The Labute approximate surface area is 119 Å². The number of imidazole rings is 1. The predicted octanol–water partition coefficient (Wildman–Crippen LogP) is 4.76. The van der Waals surface area contributed by atoms with Crippen LogP contribution >= 0.6 is 0 Å². The molecule has 0 aliphatic carbocycles. The first-order chi connectivity index (χ1) is 10.0. The number of rotatable bonds is 2. The van der Waals surface area contributed by atoms with Crippen molar-refractivity contribution in [2.75, 3.05) is 0 Å². The molecule has 106 valence electrons. The molecule has 0 bridgehead atoms. The number of aromatic amines is 1. The SMILES string of the molecule is FC(F)(F)c1cccc(-c2ncc(-c3ccccc3)[nH]2)c1. The lowest BCUT2D eigenvalue weighted by Crippen LogP contribution is -2.04. The van der Waals surface area contributed by atoms with E-state index in [9.17, 15) is 13.2 Å². The molecule has 0 aliphatic heterocycles. The number of alkyl halides is 3. The Hall–Kier alpha value is -2.56. The van der Waals surface area contributed by atoms with Gasteiger partial charge >= 0.3 is 6.18 Å². The average molecular weight is 288 g/mol. The molecule has 1 N–H and O–H groups in total. The van der Waals surface area contributed by atoms with Crippen LogP contribution in [0.4, 0.5) is 13.2 Å². The summed E-state index contributed by atoms with van der Waals surface area (Å²) < 4.78 is 38.2. The molecule has 0 fully saturated rings. The Morgan fingerprint density at radius 3 is 2.29 bits per heavy atom. The molecule has 0 radical (unpaired) electrons. The molecule has 0 saturated carbocycles. The lowest BCUT2D eigenvalue weighted by Gasteiger charge is -2.07. The van der Waals surface area contributed by atoms with Crippen molar-refractivity contribution in [1.29, 1.82) is 0 Å². The highest BCUT2D eigenvalue weighted by molar-refractivity contribution is 5.64. The van der Waals surface area contributed by atoms with E-state index in [1.807, 2.05) is 30.3 Å². The minimum absolute atomic E-state index is 0.409. The summed E-state index contributed by atoms with van der Waals surface area (Å²) in [7, 11) is 0. The molecule has 0 atom stereocenters. The summed E-state index contributed by atoms with van der Waals surface area (Å²) in [5, 5.41) is 0. The van der Waals surface area contributed by atoms with Gasteiger partial charge in [0.2, 0.25) is 0 Å². The Kier molecular flexibility index (Phi) is 3.25. The van der Waals surface area contributed by atoms with Crippen LogP contribution in [0.3, 0.4) is 0 Å². The monoisotopic (exact) mass is 288 g/mol. The van der Waals surface area contributed by atoms with E-state index in [1.54, 1.807) is 12.3 Å². The number of halogens is 3. The number of nitrogens with zero attached hydrogens (tertiary/aromatic N) is 1. The third-order valence-electron chi connectivity index (χ3n) is 3.12. The van der Waals surface area contributed by atoms with Crippen LogP contribution in [-0.4, -0.2) is 9.97 Å². The summed E-state index contributed by atoms with van der Waals surface area (Å²) in [6, 6.07) is 14.6. The molecule has 0 saturated heterocycles. The number of H-pyrrole nitrogens is 1. The lowest BCUT2D eigenvalue weighted by molar-refractivity contribution is -0.137. The standard InChI is InChI=1S/C16H11F3N2/c17-16(18,19)13-8-4-7-12(9-13)15-20-10-14(21-15)11-5-2-1-3-6-11/h1-10H,(H,20,21). The molecule has 2 aromatic carbocycles. The Morgan fingerprint density at radius 1 is 0.857 bits per heavy atom. The summed E-state index contributed by atoms with van der Waals surface area (Å²) in [5.41, 5.74) is 1.43. The summed E-state index contributed by atoms with van der Waals surface area (Å²) in [6.45, 7) is 0. The van der Waals surface area contributed by atoms with Gasteiger partial charge in [0.15, 0.2) is 0 Å². The topological polar surface area (TPSA) is 28.7 Å². The van der Waals surface area contributed by atoms with Crippen molar-refractivity contribution < 1.29 is 13.2 Å². The van der Waals surface area contributed by atoms with Crippen LogP contribution < -0.4 is 0 Å². The first-order valence-electron chi connectivity index (χ1n) is 6.32. The minimum Gasteiger partial charge on any atom is -0.338 e. The van der Waals surface area contributed by atoms with Crippen molar-refractivity contribution in [3.63, 3.8) is 0 Å². The third-order valence-corrected chi connectivity index (χ3v) is 3.12. The van der Waals surface area contributed by atoms with Crippen LogP contribution in [0.2, 0.25) is 0 Å². The molecule has 1 heterocycles. The van der Waals surface area contributed by atoms with Crippen LogP contribution in [0, 0.1) is 0 Å². The molecular weight excluding hydrogens is 277 g/mol. The zero-order chi connectivity index (χ0) is 14.9. The van der Waals surface area contributed by atoms with Gasteiger partial charge in [-0.15, -0.1) is 0 Å². The number of aromatic nitrogens is 2. The number of hydrogen-bond acceptors (Lipinski definition) is 1. The van der Waals surface area contributed by atoms with E-state index in [2.05, 4.69) is 9.97 Å². The minimum atomic E-state index is -4.36. The van der Waals surface area contributed by atoms with Crippen LogP contribution in [0.1, 0.15) is 5.56 Å². The average Bonchev–Trinajstić information content (AvgIpc) is 2.97. The smallest absolute Gasteiger partial charge is 0.338 e. The molecule has 0 unspecified atom stereocenters. The fraction of sp³-hybridized carbons (Fsp3) is 0.0625. The van der Waals surface area contributed by atoms with Crippen molar-refractivity contribution in [3.8, 4) is 22.6 Å². The molecule has 3 aromatic rings. The predicted molar refractivity (Wildman–Crippen MR) is 74.5 cm³/mol. The van der Waals surface area contributed by atoms with E-state index >= 15 is 0 Å². The molecule has 3 rings (SSSR count). The van der Waals surface area contributed by atoms with Crippen molar-refractivity contribution in [3.05, 3.63) is 66.4 Å². The van der Waals surface area contributed by atoms with Crippen molar-refractivity contribution >= 4 is 0 Å². The van der Waals surface area contributed by atoms with E-state index in [1.165, 1.54) is 6.07 Å². The number of benzene rings is 2. The molecule has 0 amide bonds. The Bertz CT molecular complexity index is 745. The van der Waals surface area contributed by atoms with Gasteiger partial charge in [0, 0.05) is 5.56 Å². The van der Waals surface area contributed by atoms with Crippen LogP contribution in [0.5, 0.6) is 0 Å². The summed E-state index contributed by atoms with van der Waals surface area (Å²) in [5.74, 6) is 0.417. The van der Waals surface area contributed by atoms with E-state index in [-0.39, 0.29) is 0 Å². The second-order valence-electron chi connectivity index (χ2n) is 4.59. The van der Waals surface area contributed by atoms with Crippen LogP contribution in [0.15, 0.2) is 60.8 Å². The number of nitrogens with one attached hydrogen (secondary N) is 1. The summed E-state index contributed by atoms with van der Waals surface area (Å²) in [6.07, 6.45) is -2.74. The van der Waals surface area contributed by atoms with E-state index in [0.717, 1.165) is 23.4 Å². The normalized spacial score (nSPS) is 11.6. The highest BCUT2D eigenvalue weighted by Crippen LogP contribution is 2.31. The third kappa shape index (κ3) is 2.81. The first kappa shape index (κ1) is 13.4. The molecule has 2 nitrogen and oxygen atoms in total. The van der Waals surface area contributed by atoms with Gasteiger partial charge in [-0.05, 0) is 17.7 Å². The molecule has 0 spiro atoms. The Balaban J connectivity index is 1.97. The summed E-state index contributed by atoms with van der Waals surface area (Å²) in [4.78, 5) is 7.21. The molecule has 5 heteroatoms. The van der Waals surface area contributed by atoms with Gasteiger partial charge in [0.05, 0.1) is 17.5 Å². The molecule has 1 aromatic heterocycles. The van der Waals surface area contributed by atoms with Gasteiger partial charge in [-0.3, -0.25) is 0 Å². The second kappa shape index (κ2) is 5.09. The summed E-state index contributed by atoms with van der Waals surface area (Å²) >= 11 is 0. The fourth-order valence-electron chi connectivity index (χ4n) is 2.08. The van der Waals surface area contributed by atoms with Crippen LogP contribution in [0.25, 0.3) is 22.6 Å².